The molecule has 1 amide bonds. The van der Waals surface area contributed by atoms with Crippen LogP contribution in [0.25, 0.3) is 0 Å². The fourth-order valence-corrected chi connectivity index (χ4v) is 5.99. The van der Waals surface area contributed by atoms with Gasteiger partial charge in [0.15, 0.2) is 0 Å². The Morgan fingerprint density at radius 3 is 2.47 bits per heavy atom. The molecule has 3 aromatic rings. The molecule has 3 aromatic carbocycles. The molecule has 1 heterocycles. The van der Waals surface area contributed by atoms with Crippen LogP contribution in [0.3, 0.4) is 0 Å². The molecule has 0 fully saturated rings. The van der Waals surface area contributed by atoms with Crippen LogP contribution in [0.15, 0.2) is 82.2 Å². The number of carbonyl (C=O) groups is 1. The lowest BCUT2D eigenvalue weighted by Gasteiger charge is -2.36. The highest BCUT2D eigenvalue weighted by Crippen LogP contribution is 2.36. The number of amides is 1. The lowest BCUT2D eigenvalue weighted by atomic mass is 9.92. The van der Waals surface area contributed by atoms with E-state index in [1.807, 2.05) is 55.5 Å². The molecule has 1 aliphatic heterocycles. The normalized spacial score (nSPS) is 16.4. The standard InChI is InChI=1S/C25H25BrN2O3S/c1-18-6-2-3-8-20(18)17-27-25(29)16-24-23-9-5-4-7-19(23)14-15-28(24)32(30,31)22-12-10-21(26)11-13-22/h2-13,24H,14-17H2,1H3,(H,27,29). The molecule has 1 N–H and O–H groups in total. The minimum atomic E-state index is -3.76. The third-order valence-electron chi connectivity index (χ3n) is 5.90. The van der Waals surface area contributed by atoms with Crippen LogP contribution in [0.5, 0.6) is 0 Å². The quantitative estimate of drug-likeness (QED) is 0.518. The summed E-state index contributed by atoms with van der Waals surface area (Å²) < 4.78 is 29.3. The predicted molar refractivity (Wildman–Crippen MR) is 129 cm³/mol. The Labute approximate surface area is 197 Å². The van der Waals surface area contributed by atoms with Gasteiger partial charge < -0.3 is 5.32 Å². The lowest BCUT2D eigenvalue weighted by molar-refractivity contribution is -0.122. The van der Waals surface area contributed by atoms with Crippen molar-refractivity contribution < 1.29 is 13.2 Å². The van der Waals surface area contributed by atoms with Crippen LogP contribution in [-0.2, 0) is 27.8 Å². The highest BCUT2D eigenvalue weighted by atomic mass is 79.9. The fourth-order valence-electron chi connectivity index (χ4n) is 4.12. The van der Waals surface area contributed by atoms with Crippen LogP contribution in [0, 0.1) is 6.92 Å². The van der Waals surface area contributed by atoms with Crippen molar-refractivity contribution >= 4 is 31.9 Å². The zero-order valence-electron chi connectivity index (χ0n) is 17.8. The number of hydrogen-bond acceptors (Lipinski definition) is 3. The zero-order valence-corrected chi connectivity index (χ0v) is 20.2. The first-order chi connectivity index (χ1) is 15.4. The molecule has 7 heteroatoms. The Hall–Kier alpha value is -2.48. The zero-order chi connectivity index (χ0) is 22.7. The van der Waals surface area contributed by atoms with Gasteiger partial charge >= 0.3 is 0 Å². The maximum Gasteiger partial charge on any atom is 0.243 e. The first kappa shape index (κ1) is 22.7. The van der Waals surface area contributed by atoms with Gasteiger partial charge in [0.25, 0.3) is 0 Å². The van der Waals surface area contributed by atoms with E-state index >= 15 is 0 Å². The van der Waals surface area contributed by atoms with E-state index in [4.69, 9.17) is 0 Å². The predicted octanol–water partition coefficient (Wildman–Crippen LogP) is 4.75. The van der Waals surface area contributed by atoms with Gasteiger partial charge in [-0.05, 0) is 59.9 Å². The Bertz CT molecular complexity index is 1230. The van der Waals surface area contributed by atoms with Crippen molar-refractivity contribution in [2.24, 2.45) is 0 Å². The molecule has 0 aliphatic carbocycles. The van der Waals surface area contributed by atoms with Gasteiger partial charge in [0.05, 0.1) is 10.9 Å². The van der Waals surface area contributed by atoms with E-state index in [9.17, 15) is 13.2 Å². The van der Waals surface area contributed by atoms with Crippen molar-refractivity contribution in [3.8, 4) is 0 Å². The first-order valence-electron chi connectivity index (χ1n) is 10.5. The molecule has 1 aliphatic rings. The number of fused-ring (bicyclic) bond motifs is 1. The Morgan fingerprint density at radius 1 is 1.03 bits per heavy atom. The summed E-state index contributed by atoms with van der Waals surface area (Å²) in [6.45, 7) is 2.76. The highest BCUT2D eigenvalue weighted by Gasteiger charge is 2.37. The Kier molecular flexibility index (Phi) is 6.79. The molecule has 0 radical (unpaired) electrons. The average molecular weight is 513 g/mol. The summed E-state index contributed by atoms with van der Waals surface area (Å²) in [7, 11) is -3.76. The van der Waals surface area contributed by atoms with Crippen molar-refractivity contribution in [3.05, 3.63) is 99.5 Å². The van der Waals surface area contributed by atoms with Gasteiger partial charge in [0.1, 0.15) is 0 Å². The number of nitrogens with one attached hydrogen (secondary N) is 1. The summed E-state index contributed by atoms with van der Waals surface area (Å²) in [6.07, 6.45) is 0.686. The molecule has 4 rings (SSSR count). The fraction of sp³-hybridized carbons (Fsp3) is 0.240. The molecule has 0 saturated carbocycles. The van der Waals surface area contributed by atoms with Crippen LogP contribution in [0.4, 0.5) is 0 Å². The molecule has 5 nitrogen and oxygen atoms in total. The minimum absolute atomic E-state index is 0.0681. The second kappa shape index (κ2) is 9.57. The van der Waals surface area contributed by atoms with Gasteiger partial charge in [-0.2, -0.15) is 4.31 Å². The maximum absolute atomic E-state index is 13.5. The van der Waals surface area contributed by atoms with Crippen molar-refractivity contribution in [2.75, 3.05) is 6.54 Å². The summed E-state index contributed by atoms with van der Waals surface area (Å²) >= 11 is 3.35. The van der Waals surface area contributed by atoms with Crippen molar-refractivity contribution in [3.63, 3.8) is 0 Å². The summed E-state index contributed by atoms with van der Waals surface area (Å²) in [6, 6.07) is 21.7. The van der Waals surface area contributed by atoms with Gasteiger partial charge in [0.2, 0.25) is 15.9 Å². The van der Waals surface area contributed by atoms with Crippen LogP contribution < -0.4 is 5.32 Å². The first-order valence-corrected chi connectivity index (χ1v) is 12.8. The van der Waals surface area contributed by atoms with Crippen LogP contribution >= 0.6 is 15.9 Å². The van der Waals surface area contributed by atoms with Gasteiger partial charge in [-0.1, -0.05) is 64.5 Å². The van der Waals surface area contributed by atoms with Gasteiger partial charge in [-0.3, -0.25) is 4.79 Å². The topological polar surface area (TPSA) is 66.5 Å². The molecule has 1 atom stereocenters. The number of aryl methyl sites for hydroxylation is 1. The number of halogens is 1. The molecule has 1 unspecified atom stereocenters. The second-order valence-corrected chi connectivity index (χ2v) is 10.7. The highest BCUT2D eigenvalue weighted by molar-refractivity contribution is 9.10. The van der Waals surface area contributed by atoms with Crippen molar-refractivity contribution in [1.29, 1.82) is 0 Å². The molecule has 0 saturated heterocycles. The molecule has 0 spiro atoms. The van der Waals surface area contributed by atoms with Crippen LogP contribution in [-0.4, -0.2) is 25.2 Å². The third-order valence-corrected chi connectivity index (χ3v) is 8.35. The molecule has 166 valence electrons. The lowest BCUT2D eigenvalue weighted by Crippen LogP contribution is -2.42. The molecule has 0 aromatic heterocycles. The number of carbonyl (C=O) groups excluding carboxylic acids is 1. The van der Waals surface area contributed by atoms with E-state index < -0.39 is 16.1 Å². The number of hydrogen-bond donors (Lipinski definition) is 1. The van der Waals surface area contributed by atoms with E-state index in [0.717, 1.165) is 26.7 Å². The summed E-state index contributed by atoms with van der Waals surface area (Å²) in [4.78, 5) is 13.1. The van der Waals surface area contributed by atoms with E-state index in [-0.39, 0.29) is 17.2 Å². The Balaban J connectivity index is 1.60. The number of benzene rings is 3. The van der Waals surface area contributed by atoms with E-state index in [2.05, 4.69) is 21.2 Å². The van der Waals surface area contributed by atoms with E-state index in [0.29, 0.717) is 19.5 Å². The summed E-state index contributed by atoms with van der Waals surface area (Å²) in [5, 5.41) is 2.97. The monoisotopic (exact) mass is 512 g/mol. The van der Waals surface area contributed by atoms with E-state index in [1.54, 1.807) is 24.3 Å². The third kappa shape index (κ3) is 4.80. The number of nitrogens with zero attached hydrogens (tertiary/aromatic N) is 1. The Morgan fingerprint density at radius 2 is 1.72 bits per heavy atom. The molecule has 0 bridgehead atoms. The SMILES string of the molecule is Cc1ccccc1CNC(=O)CC1c2ccccc2CCN1S(=O)(=O)c1ccc(Br)cc1. The van der Waals surface area contributed by atoms with E-state index in [1.165, 1.54) is 4.31 Å². The largest absolute Gasteiger partial charge is 0.352 e. The number of sulfonamides is 1. The minimum Gasteiger partial charge on any atom is -0.352 e. The van der Waals surface area contributed by atoms with Crippen LogP contribution in [0.2, 0.25) is 0 Å². The van der Waals surface area contributed by atoms with Crippen molar-refractivity contribution in [1.82, 2.24) is 9.62 Å². The number of rotatable bonds is 6. The summed E-state index contributed by atoms with van der Waals surface area (Å²) in [5.41, 5.74) is 4.14. The molecular formula is C25H25BrN2O3S. The second-order valence-electron chi connectivity index (χ2n) is 7.94. The van der Waals surface area contributed by atoms with Gasteiger partial charge in [-0.15, -0.1) is 0 Å². The smallest absolute Gasteiger partial charge is 0.243 e. The van der Waals surface area contributed by atoms with Gasteiger partial charge in [0, 0.05) is 24.0 Å². The van der Waals surface area contributed by atoms with Gasteiger partial charge in [-0.25, -0.2) is 8.42 Å². The molecule has 32 heavy (non-hydrogen) atoms. The summed E-state index contributed by atoms with van der Waals surface area (Å²) in [5.74, 6) is -0.175. The van der Waals surface area contributed by atoms with Crippen LogP contribution in [0.1, 0.15) is 34.7 Å². The molecular weight excluding hydrogens is 488 g/mol. The maximum atomic E-state index is 13.5. The van der Waals surface area contributed by atoms with Crippen molar-refractivity contribution in [2.45, 2.75) is 37.2 Å². The average Bonchev–Trinajstić information content (AvgIpc) is 2.79.